The Bertz CT molecular complexity index is 1110. The SMILES string of the molecule is COc1ccc(C[C@H](NC(=O)OCc2ccccc2)C(=O)O)c(CC[Si](C)(C)C)c1NC(=O)OC(C)(C)C. The second-order valence-corrected chi connectivity index (χ2v) is 16.9. The number of alkyl carbamates (subject to hydrolysis) is 1. The van der Waals surface area contributed by atoms with Crippen molar-refractivity contribution in [3.63, 3.8) is 0 Å². The molecule has 208 valence electrons. The molecule has 1 atom stereocenters. The summed E-state index contributed by atoms with van der Waals surface area (Å²) in [6, 6.07) is 12.2. The summed E-state index contributed by atoms with van der Waals surface area (Å²) in [5.41, 5.74) is 1.95. The van der Waals surface area contributed by atoms with Crippen LogP contribution in [-0.2, 0) is 33.7 Å². The van der Waals surface area contributed by atoms with Crippen molar-refractivity contribution in [3.8, 4) is 5.75 Å². The summed E-state index contributed by atoms with van der Waals surface area (Å²) in [5, 5.41) is 15.2. The quantitative estimate of drug-likeness (QED) is 0.303. The molecule has 0 aromatic heterocycles. The van der Waals surface area contributed by atoms with Gasteiger partial charge in [-0.1, -0.05) is 62.1 Å². The molecule has 0 saturated carbocycles. The zero-order chi connectivity index (χ0) is 28.5. The molecule has 0 aliphatic carbocycles. The Balaban J connectivity index is 2.34. The van der Waals surface area contributed by atoms with E-state index in [1.807, 2.05) is 30.3 Å². The molecule has 3 N–H and O–H groups in total. The fourth-order valence-electron chi connectivity index (χ4n) is 3.69. The van der Waals surface area contributed by atoms with Gasteiger partial charge in [-0.3, -0.25) is 5.32 Å². The van der Waals surface area contributed by atoms with E-state index in [1.54, 1.807) is 32.9 Å². The first-order valence-electron chi connectivity index (χ1n) is 12.6. The number of nitrogens with one attached hydrogen (secondary N) is 2. The highest BCUT2D eigenvalue weighted by molar-refractivity contribution is 6.76. The highest BCUT2D eigenvalue weighted by Gasteiger charge is 2.27. The number of carboxylic acid groups (broad SMARTS) is 1. The Morgan fingerprint density at radius 2 is 1.66 bits per heavy atom. The van der Waals surface area contributed by atoms with E-state index in [0.29, 0.717) is 23.4 Å². The number of anilines is 1. The van der Waals surface area contributed by atoms with Gasteiger partial charge in [0.1, 0.15) is 24.0 Å². The molecule has 0 aliphatic heterocycles. The molecule has 0 heterocycles. The summed E-state index contributed by atoms with van der Waals surface area (Å²) >= 11 is 0. The van der Waals surface area contributed by atoms with Crippen molar-refractivity contribution in [2.45, 2.75) is 77.5 Å². The molecule has 0 spiro atoms. The van der Waals surface area contributed by atoms with Crippen molar-refractivity contribution in [2.24, 2.45) is 0 Å². The van der Waals surface area contributed by atoms with E-state index in [4.69, 9.17) is 14.2 Å². The number of carboxylic acids is 1. The van der Waals surface area contributed by atoms with E-state index in [2.05, 4.69) is 30.3 Å². The normalized spacial score (nSPS) is 12.3. The summed E-state index contributed by atoms with van der Waals surface area (Å²) in [6.45, 7) is 12.0. The Labute approximate surface area is 225 Å². The van der Waals surface area contributed by atoms with Gasteiger partial charge in [0.2, 0.25) is 0 Å². The third-order valence-corrected chi connectivity index (χ3v) is 7.32. The maximum absolute atomic E-state index is 12.7. The van der Waals surface area contributed by atoms with Gasteiger partial charge in [0.15, 0.2) is 0 Å². The van der Waals surface area contributed by atoms with Gasteiger partial charge in [0, 0.05) is 14.5 Å². The van der Waals surface area contributed by atoms with Crippen molar-refractivity contribution in [3.05, 3.63) is 59.2 Å². The van der Waals surface area contributed by atoms with Crippen LogP contribution in [0.25, 0.3) is 0 Å². The zero-order valence-electron chi connectivity index (χ0n) is 23.3. The van der Waals surface area contributed by atoms with Crippen LogP contribution < -0.4 is 15.4 Å². The van der Waals surface area contributed by atoms with Crippen LogP contribution in [0, 0.1) is 0 Å². The Kier molecular flexibility index (Phi) is 10.8. The largest absolute Gasteiger partial charge is 0.495 e. The molecule has 0 bridgehead atoms. The van der Waals surface area contributed by atoms with Gasteiger partial charge < -0.3 is 24.6 Å². The molecule has 38 heavy (non-hydrogen) atoms. The molecule has 10 heteroatoms. The van der Waals surface area contributed by atoms with Crippen molar-refractivity contribution < 1.29 is 33.7 Å². The molecule has 0 aliphatic rings. The van der Waals surface area contributed by atoms with E-state index >= 15 is 0 Å². The number of rotatable bonds is 11. The molecular weight excluding hydrogens is 504 g/mol. The second-order valence-electron chi connectivity index (χ2n) is 11.3. The first kappa shape index (κ1) is 30.7. The Morgan fingerprint density at radius 3 is 2.21 bits per heavy atom. The van der Waals surface area contributed by atoms with Crippen LogP contribution in [0.4, 0.5) is 15.3 Å². The van der Waals surface area contributed by atoms with Gasteiger partial charge in [-0.25, -0.2) is 14.4 Å². The fourth-order valence-corrected chi connectivity index (χ4v) is 4.69. The van der Waals surface area contributed by atoms with E-state index in [-0.39, 0.29) is 13.0 Å². The summed E-state index contributed by atoms with van der Waals surface area (Å²) in [5.74, 6) is -0.762. The average molecular weight is 545 g/mol. The summed E-state index contributed by atoms with van der Waals surface area (Å²) in [6.07, 6.45) is -0.882. The number of amides is 2. The first-order valence-corrected chi connectivity index (χ1v) is 16.3. The molecule has 0 saturated heterocycles. The van der Waals surface area contributed by atoms with Gasteiger partial charge in [0.25, 0.3) is 0 Å². The molecule has 2 rings (SSSR count). The standard InChI is InChI=1S/C28H40N2O7Si/c1-28(2,3)37-27(34)30-24-21(15-16-38(5,6)7)20(13-14-23(24)35-4)17-22(25(31)32)29-26(33)36-18-19-11-9-8-10-12-19/h8-14,22H,15-18H2,1-7H3,(H,29,33)(H,30,34)(H,31,32)/t22-/m0/s1. The summed E-state index contributed by atoms with van der Waals surface area (Å²) in [4.78, 5) is 37.2. The predicted molar refractivity (Wildman–Crippen MR) is 150 cm³/mol. The van der Waals surface area contributed by atoms with Crippen LogP contribution in [0.3, 0.4) is 0 Å². The van der Waals surface area contributed by atoms with Gasteiger partial charge in [0.05, 0.1) is 12.8 Å². The maximum Gasteiger partial charge on any atom is 0.412 e. The third kappa shape index (κ3) is 10.4. The lowest BCUT2D eigenvalue weighted by Gasteiger charge is -2.25. The smallest absolute Gasteiger partial charge is 0.412 e. The van der Waals surface area contributed by atoms with Crippen molar-refractivity contribution in [1.29, 1.82) is 0 Å². The summed E-state index contributed by atoms with van der Waals surface area (Å²) < 4.78 is 16.2. The highest BCUT2D eigenvalue weighted by Crippen LogP contribution is 2.34. The van der Waals surface area contributed by atoms with E-state index in [1.165, 1.54) is 7.11 Å². The molecule has 9 nitrogen and oxygen atoms in total. The van der Waals surface area contributed by atoms with Crippen molar-refractivity contribution in [1.82, 2.24) is 5.32 Å². The maximum atomic E-state index is 12.7. The molecule has 0 fully saturated rings. The number of carbonyl (C=O) groups is 3. The Hall–Kier alpha value is -3.53. The molecule has 0 radical (unpaired) electrons. The van der Waals surface area contributed by atoms with Crippen LogP contribution in [0.5, 0.6) is 5.75 Å². The molecule has 2 aromatic carbocycles. The van der Waals surface area contributed by atoms with Crippen molar-refractivity contribution in [2.75, 3.05) is 12.4 Å². The zero-order valence-corrected chi connectivity index (χ0v) is 24.3. The van der Waals surface area contributed by atoms with Gasteiger partial charge in [-0.05, 0) is 49.9 Å². The summed E-state index contributed by atoms with van der Waals surface area (Å²) in [7, 11) is -0.0115. The highest BCUT2D eigenvalue weighted by atomic mass is 28.3. The minimum atomic E-state index is -1.51. The second kappa shape index (κ2) is 13.3. The number of hydrogen-bond donors (Lipinski definition) is 3. The van der Waals surface area contributed by atoms with Gasteiger partial charge >= 0.3 is 18.2 Å². The number of carbonyl (C=O) groups excluding carboxylic acids is 2. The van der Waals surface area contributed by atoms with Crippen LogP contribution in [0.1, 0.15) is 37.5 Å². The average Bonchev–Trinajstić information content (AvgIpc) is 2.80. The van der Waals surface area contributed by atoms with E-state index in [9.17, 15) is 19.5 Å². The lowest BCUT2D eigenvalue weighted by atomic mass is 9.96. The van der Waals surface area contributed by atoms with E-state index in [0.717, 1.165) is 17.2 Å². The molecule has 0 unspecified atom stereocenters. The van der Waals surface area contributed by atoms with Crippen LogP contribution >= 0.6 is 0 Å². The number of aliphatic carboxylic acids is 1. The van der Waals surface area contributed by atoms with Crippen molar-refractivity contribution >= 4 is 31.9 Å². The Morgan fingerprint density at radius 1 is 1.00 bits per heavy atom. The predicted octanol–water partition coefficient (Wildman–Crippen LogP) is 5.85. The minimum absolute atomic E-state index is 0.0101. The fraction of sp³-hybridized carbons (Fsp3) is 0.464. The lowest BCUT2D eigenvalue weighted by Crippen LogP contribution is -2.42. The van der Waals surface area contributed by atoms with Crippen LogP contribution in [-0.4, -0.2) is 50.1 Å². The van der Waals surface area contributed by atoms with Crippen LogP contribution in [0.15, 0.2) is 42.5 Å². The molecule has 2 aromatic rings. The third-order valence-electron chi connectivity index (χ3n) is 5.57. The van der Waals surface area contributed by atoms with Crippen LogP contribution in [0.2, 0.25) is 25.7 Å². The topological polar surface area (TPSA) is 123 Å². The minimum Gasteiger partial charge on any atom is -0.495 e. The molecule has 2 amide bonds. The first-order chi connectivity index (χ1) is 17.7. The monoisotopic (exact) mass is 544 g/mol. The number of ether oxygens (including phenoxy) is 3. The van der Waals surface area contributed by atoms with E-state index < -0.39 is 37.9 Å². The number of benzene rings is 2. The van der Waals surface area contributed by atoms with Gasteiger partial charge in [-0.15, -0.1) is 0 Å². The number of methoxy groups -OCH3 is 1. The lowest BCUT2D eigenvalue weighted by molar-refractivity contribution is -0.139. The van der Waals surface area contributed by atoms with Gasteiger partial charge in [-0.2, -0.15) is 0 Å². The number of hydrogen-bond acceptors (Lipinski definition) is 6. The molecular formula is C28H40N2O7Si.